The van der Waals surface area contributed by atoms with Crippen LogP contribution in [0, 0.1) is 6.92 Å². The maximum Gasteiger partial charge on any atom is 0.251 e. The molecule has 2 nitrogen and oxygen atoms in total. The number of aryl methyl sites for hydroxylation is 1. The topological polar surface area (TPSA) is 29.1 Å². The van der Waals surface area contributed by atoms with Crippen molar-refractivity contribution in [2.75, 3.05) is 6.54 Å². The van der Waals surface area contributed by atoms with Crippen LogP contribution in [0.15, 0.2) is 48.5 Å². The zero-order chi connectivity index (χ0) is 13.7. The Morgan fingerprint density at radius 1 is 1.05 bits per heavy atom. The minimum Gasteiger partial charge on any atom is -0.352 e. The third kappa shape index (κ3) is 3.44. The summed E-state index contributed by atoms with van der Waals surface area (Å²) in [6.45, 7) is 4.83. The summed E-state index contributed by atoms with van der Waals surface area (Å²) in [6, 6.07) is 16.1. The molecule has 2 aromatic carbocycles. The van der Waals surface area contributed by atoms with Crippen molar-refractivity contribution in [2.24, 2.45) is 0 Å². The smallest absolute Gasteiger partial charge is 0.251 e. The Balaban J connectivity index is 2.24. The SMILES string of the molecule is CCCNC(=O)c1cccc(-c2ccc(C)cc2)c1. The van der Waals surface area contributed by atoms with E-state index in [-0.39, 0.29) is 5.91 Å². The maximum atomic E-state index is 11.9. The standard InChI is InChI=1S/C17H19NO/c1-3-11-18-17(19)16-6-4-5-15(12-16)14-9-7-13(2)8-10-14/h4-10,12H,3,11H2,1-2H3,(H,18,19). The van der Waals surface area contributed by atoms with Crippen LogP contribution < -0.4 is 5.32 Å². The van der Waals surface area contributed by atoms with Crippen LogP contribution in [0.2, 0.25) is 0 Å². The Bertz CT molecular complexity index is 558. The van der Waals surface area contributed by atoms with E-state index in [2.05, 4.69) is 36.5 Å². The molecule has 0 fully saturated rings. The zero-order valence-electron chi connectivity index (χ0n) is 11.4. The molecule has 0 aliphatic rings. The van der Waals surface area contributed by atoms with E-state index >= 15 is 0 Å². The fourth-order valence-electron chi connectivity index (χ4n) is 1.93. The van der Waals surface area contributed by atoms with Gasteiger partial charge < -0.3 is 5.32 Å². The summed E-state index contributed by atoms with van der Waals surface area (Å²) in [5, 5.41) is 2.90. The highest BCUT2D eigenvalue weighted by atomic mass is 16.1. The molecule has 0 aromatic heterocycles. The van der Waals surface area contributed by atoms with Crippen LogP contribution >= 0.6 is 0 Å². The van der Waals surface area contributed by atoms with Crippen molar-refractivity contribution < 1.29 is 4.79 Å². The molecule has 0 aliphatic carbocycles. The van der Waals surface area contributed by atoms with Crippen LogP contribution in [0.1, 0.15) is 29.3 Å². The van der Waals surface area contributed by atoms with E-state index in [4.69, 9.17) is 0 Å². The largest absolute Gasteiger partial charge is 0.352 e. The van der Waals surface area contributed by atoms with Gasteiger partial charge in [-0.1, -0.05) is 48.9 Å². The summed E-state index contributed by atoms with van der Waals surface area (Å²) in [5.41, 5.74) is 4.16. The lowest BCUT2D eigenvalue weighted by atomic mass is 10.0. The molecular weight excluding hydrogens is 234 g/mol. The summed E-state index contributed by atoms with van der Waals surface area (Å²) in [4.78, 5) is 11.9. The van der Waals surface area contributed by atoms with Gasteiger partial charge in [0.2, 0.25) is 0 Å². The molecule has 0 spiro atoms. The Morgan fingerprint density at radius 2 is 1.79 bits per heavy atom. The first-order chi connectivity index (χ1) is 9.20. The number of nitrogens with one attached hydrogen (secondary N) is 1. The Hall–Kier alpha value is -2.09. The fraction of sp³-hybridized carbons (Fsp3) is 0.235. The van der Waals surface area contributed by atoms with Gasteiger partial charge in [-0.3, -0.25) is 4.79 Å². The second kappa shape index (κ2) is 6.19. The van der Waals surface area contributed by atoms with Gasteiger partial charge in [0.25, 0.3) is 5.91 Å². The predicted octanol–water partition coefficient (Wildman–Crippen LogP) is 3.80. The van der Waals surface area contributed by atoms with Crippen LogP contribution in [0.3, 0.4) is 0 Å². The minimum absolute atomic E-state index is 0.00388. The Labute approximate surface area is 114 Å². The molecule has 0 bridgehead atoms. The average Bonchev–Trinajstić information content (AvgIpc) is 2.45. The normalized spacial score (nSPS) is 10.2. The maximum absolute atomic E-state index is 11.9. The molecule has 0 heterocycles. The summed E-state index contributed by atoms with van der Waals surface area (Å²) in [6.07, 6.45) is 0.948. The molecule has 0 atom stereocenters. The van der Waals surface area contributed by atoms with E-state index in [1.165, 1.54) is 5.56 Å². The van der Waals surface area contributed by atoms with Crippen LogP contribution in [0.4, 0.5) is 0 Å². The van der Waals surface area contributed by atoms with Crippen molar-refractivity contribution in [3.63, 3.8) is 0 Å². The number of carbonyl (C=O) groups is 1. The summed E-state index contributed by atoms with van der Waals surface area (Å²) in [7, 11) is 0. The number of rotatable bonds is 4. The predicted molar refractivity (Wildman–Crippen MR) is 79.2 cm³/mol. The molecule has 1 N–H and O–H groups in total. The number of hydrogen-bond donors (Lipinski definition) is 1. The zero-order valence-corrected chi connectivity index (χ0v) is 11.4. The molecule has 19 heavy (non-hydrogen) atoms. The minimum atomic E-state index is -0.00388. The van der Waals surface area contributed by atoms with Gasteiger partial charge in [0.05, 0.1) is 0 Å². The van der Waals surface area contributed by atoms with E-state index in [1.807, 2.05) is 31.2 Å². The second-order valence-electron chi connectivity index (χ2n) is 4.70. The highest BCUT2D eigenvalue weighted by molar-refractivity contribution is 5.95. The quantitative estimate of drug-likeness (QED) is 0.882. The van der Waals surface area contributed by atoms with E-state index in [9.17, 15) is 4.79 Å². The van der Waals surface area contributed by atoms with Gasteiger partial charge in [-0.05, 0) is 36.6 Å². The average molecular weight is 253 g/mol. The lowest BCUT2D eigenvalue weighted by Gasteiger charge is -2.06. The van der Waals surface area contributed by atoms with Gasteiger partial charge in [-0.2, -0.15) is 0 Å². The third-order valence-corrected chi connectivity index (χ3v) is 3.05. The number of hydrogen-bond acceptors (Lipinski definition) is 1. The van der Waals surface area contributed by atoms with Crippen LogP contribution in [-0.2, 0) is 0 Å². The van der Waals surface area contributed by atoms with Crippen molar-refractivity contribution >= 4 is 5.91 Å². The fourth-order valence-corrected chi connectivity index (χ4v) is 1.93. The van der Waals surface area contributed by atoms with Gasteiger partial charge in [0, 0.05) is 12.1 Å². The number of amides is 1. The van der Waals surface area contributed by atoms with Gasteiger partial charge >= 0.3 is 0 Å². The van der Waals surface area contributed by atoms with Gasteiger partial charge in [-0.25, -0.2) is 0 Å². The van der Waals surface area contributed by atoms with Crippen molar-refractivity contribution in [3.8, 4) is 11.1 Å². The highest BCUT2D eigenvalue weighted by Crippen LogP contribution is 2.20. The van der Waals surface area contributed by atoms with E-state index < -0.39 is 0 Å². The molecule has 1 amide bonds. The van der Waals surface area contributed by atoms with Crippen LogP contribution in [0.25, 0.3) is 11.1 Å². The Kier molecular flexibility index (Phi) is 4.35. The summed E-state index contributed by atoms with van der Waals surface area (Å²) < 4.78 is 0. The monoisotopic (exact) mass is 253 g/mol. The van der Waals surface area contributed by atoms with Crippen molar-refractivity contribution in [2.45, 2.75) is 20.3 Å². The van der Waals surface area contributed by atoms with E-state index in [1.54, 1.807) is 0 Å². The molecular formula is C17H19NO. The molecule has 0 saturated carbocycles. The molecule has 0 unspecified atom stereocenters. The molecule has 0 saturated heterocycles. The van der Waals surface area contributed by atoms with Crippen molar-refractivity contribution in [1.82, 2.24) is 5.32 Å². The Morgan fingerprint density at radius 3 is 2.47 bits per heavy atom. The van der Waals surface area contributed by atoms with Gasteiger partial charge in [-0.15, -0.1) is 0 Å². The number of carbonyl (C=O) groups excluding carboxylic acids is 1. The molecule has 98 valence electrons. The van der Waals surface area contributed by atoms with Crippen molar-refractivity contribution in [3.05, 3.63) is 59.7 Å². The lowest BCUT2D eigenvalue weighted by molar-refractivity contribution is 0.0953. The van der Waals surface area contributed by atoms with Gasteiger partial charge in [0.15, 0.2) is 0 Å². The van der Waals surface area contributed by atoms with E-state index in [0.717, 1.165) is 17.5 Å². The molecule has 2 aromatic rings. The first-order valence-corrected chi connectivity index (χ1v) is 6.66. The van der Waals surface area contributed by atoms with E-state index in [0.29, 0.717) is 12.1 Å². The summed E-state index contributed by atoms with van der Waals surface area (Å²) in [5.74, 6) is -0.00388. The molecule has 2 rings (SSSR count). The first kappa shape index (κ1) is 13.3. The number of benzene rings is 2. The molecule has 0 aliphatic heterocycles. The molecule has 2 heteroatoms. The van der Waals surface area contributed by atoms with Gasteiger partial charge in [0.1, 0.15) is 0 Å². The third-order valence-electron chi connectivity index (χ3n) is 3.05. The van der Waals surface area contributed by atoms with Crippen LogP contribution in [-0.4, -0.2) is 12.5 Å². The first-order valence-electron chi connectivity index (χ1n) is 6.66. The second-order valence-corrected chi connectivity index (χ2v) is 4.70. The van der Waals surface area contributed by atoms with Crippen molar-refractivity contribution in [1.29, 1.82) is 0 Å². The lowest BCUT2D eigenvalue weighted by Crippen LogP contribution is -2.23. The summed E-state index contributed by atoms with van der Waals surface area (Å²) >= 11 is 0. The highest BCUT2D eigenvalue weighted by Gasteiger charge is 2.06. The van der Waals surface area contributed by atoms with Crippen LogP contribution in [0.5, 0.6) is 0 Å². The molecule has 0 radical (unpaired) electrons.